The fraction of sp³-hybridized carbons (Fsp3) is 0.364. The summed E-state index contributed by atoms with van der Waals surface area (Å²) in [6.07, 6.45) is -3.47. The lowest BCUT2D eigenvalue weighted by atomic mass is 9.97. The topological polar surface area (TPSA) is 26.3 Å². The second kappa shape index (κ2) is 3.81. The first-order chi connectivity index (χ1) is 7.52. The molecule has 1 aliphatic rings. The van der Waals surface area contributed by atoms with Crippen molar-refractivity contribution >= 4 is 6.29 Å². The number of rotatable bonds is 2. The first-order valence-corrected chi connectivity index (χ1v) is 4.80. The van der Waals surface area contributed by atoms with Crippen LogP contribution in [0, 0.1) is 0 Å². The zero-order chi connectivity index (χ0) is 11.8. The Morgan fingerprint density at radius 1 is 1.44 bits per heavy atom. The van der Waals surface area contributed by atoms with Gasteiger partial charge in [-0.25, -0.2) is 0 Å². The number of halogens is 3. The number of carbonyl (C=O) groups is 1. The van der Waals surface area contributed by atoms with E-state index in [2.05, 4.69) is 0 Å². The minimum atomic E-state index is -4.36. The maximum atomic E-state index is 12.5. The lowest BCUT2D eigenvalue weighted by Gasteiger charge is -2.09. The average molecular weight is 230 g/mol. The third-order valence-electron chi connectivity index (χ3n) is 2.60. The first-order valence-electron chi connectivity index (χ1n) is 4.80. The van der Waals surface area contributed by atoms with E-state index in [0.717, 1.165) is 12.1 Å². The molecule has 0 bridgehead atoms. The van der Waals surface area contributed by atoms with Crippen LogP contribution in [0.2, 0.25) is 0 Å². The van der Waals surface area contributed by atoms with Crippen molar-refractivity contribution in [3.63, 3.8) is 0 Å². The van der Waals surface area contributed by atoms with Crippen LogP contribution in [0.5, 0.6) is 5.75 Å². The second-order valence-electron chi connectivity index (χ2n) is 3.66. The average Bonchev–Trinajstić information content (AvgIpc) is 2.60. The van der Waals surface area contributed by atoms with Gasteiger partial charge in [0.25, 0.3) is 0 Å². The molecule has 0 fully saturated rings. The van der Waals surface area contributed by atoms with Gasteiger partial charge >= 0.3 is 6.18 Å². The Hall–Kier alpha value is -1.52. The van der Waals surface area contributed by atoms with Crippen molar-refractivity contribution in [2.24, 2.45) is 0 Å². The van der Waals surface area contributed by atoms with Crippen LogP contribution in [0.4, 0.5) is 13.2 Å². The van der Waals surface area contributed by atoms with E-state index in [1.807, 2.05) is 0 Å². The van der Waals surface area contributed by atoms with Gasteiger partial charge in [-0.1, -0.05) is 0 Å². The highest BCUT2D eigenvalue weighted by Crippen LogP contribution is 2.39. The maximum Gasteiger partial charge on any atom is 0.416 e. The molecule has 0 saturated carbocycles. The number of hydrogen-bond acceptors (Lipinski definition) is 2. The standard InChI is InChI=1S/C11H9F3O2/c12-11(13,14)8-1-2-10-9(5-8)7(3-4-15)6-16-10/h1-2,4-5,7H,3,6H2. The van der Waals surface area contributed by atoms with E-state index in [1.54, 1.807) is 0 Å². The van der Waals surface area contributed by atoms with Gasteiger partial charge < -0.3 is 9.53 Å². The molecule has 1 aliphatic heterocycles. The summed E-state index contributed by atoms with van der Waals surface area (Å²) in [6, 6.07) is 3.36. The summed E-state index contributed by atoms with van der Waals surface area (Å²) in [7, 11) is 0. The fourth-order valence-electron chi connectivity index (χ4n) is 1.77. The molecule has 1 unspecified atom stereocenters. The SMILES string of the molecule is O=CCC1COc2ccc(C(F)(F)F)cc21. The highest BCUT2D eigenvalue weighted by atomic mass is 19.4. The number of fused-ring (bicyclic) bond motifs is 1. The molecular weight excluding hydrogens is 221 g/mol. The van der Waals surface area contributed by atoms with E-state index in [1.165, 1.54) is 6.07 Å². The van der Waals surface area contributed by atoms with Crippen LogP contribution in [0.1, 0.15) is 23.5 Å². The van der Waals surface area contributed by atoms with Gasteiger partial charge in [0.2, 0.25) is 0 Å². The number of benzene rings is 1. The summed E-state index contributed by atoms with van der Waals surface area (Å²) in [4.78, 5) is 10.4. The van der Waals surface area contributed by atoms with Crippen molar-refractivity contribution in [3.05, 3.63) is 29.3 Å². The zero-order valence-corrected chi connectivity index (χ0v) is 8.25. The van der Waals surface area contributed by atoms with Gasteiger partial charge in [0, 0.05) is 17.9 Å². The molecule has 0 amide bonds. The number of carbonyl (C=O) groups excluding carboxylic acids is 1. The summed E-state index contributed by atoms with van der Waals surface area (Å²) in [5.41, 5.74) is -0.227. The lowest BCUT2D eigenvalue weighted by molar-refractivity contribution is -0.137. The zero-order valence-electron chi connectivity index (χ0n) is 8.25. The smallest absolute Gasteiger partial charge is 0.416 e. The Morgan fingerprint density at radius 2 is 2.19 bits per heavy atom. The predicted molar refractivity (Wildman–Crippen MR) is 50.4 cm³/mol. The Morgan fingerprint density at radius 3 is 2.81 bits per heavy atom. The molecule has 0 N–H and O–H groups in total. The van der Waals surface area contributed by atoms with Crippen LogP contribution in [0.3, 0.4) is 0 Å². The summed E-state index contributed by atoms with van der Waals surface area (Å²) < 4.78 is 42.6. The van der Waals surface area contributed by atoms with Crippen molar-refractivity contribution in [1.82, 2.24) is 0 Å². The highest BCUT2D eigenvalue weighted by molar-refractivity contribution is 5.54. The van der Waals surface area contributed by atoms with Crippen LogP contribution in [-0.4, -0.2) is 12.9 Å². The van der Waals surface area contributed by atoms with Crippen LogP contribution in [0.25, 0.3) is 0 Å². The number of aldehydes is 1. The van der Waals surface area contributed by atoms with Crippen molar-refractivity contribution in [3.8, 4) is 5.75 Å². The predicted octanol–water partition coefficient (Wildman–Crippen LogP) is 2.77. The molecule has 1 aromatic rings. The van der Waals surface area contributed by atoms with Gasteiger partial charge in [-0.3, -0.25) is 0 Å². The van der Waals surface area contributed by atoms with Crippen molar-refractivity contribution in [2.75, 3.05) is 6.61 Å². The molecule has 5 heteroatoms. The summed E-state index contributed by atoms with van der Waals surface area (Å²) in [5.74, 6) is 0.189. The van der Waals surface area contributed by atoms with Crippen LogP contribution in [0.15, 0.2) is 18.2 Å². The van der Waals surface area contributed by atoms with Gasteiger partial charge in [0.1, 0.15) is 12.0 Å². The van der Waals surface area contributed by atoms with E-state index >= 15 is 0 Å². The molecule has 16 heavy (non-hydrogen) atoms. The van der Waals surface area contributed by atoms with E-state index in [-0.39, 0.29) is 18.9 Å². The number of hydrogen-bond donors (Lipinski definition) is 0. The molecule has 0 spiro atoms. The molecule has 1 aromatic carbocycles. The van der Waals surface area contributed by atoms with Crippen LogP contribution < -0.4 is 4.74 Å². The third kappa shape index (κ3) is 1.89. The summed E-state index contributed by atoms with van der Waals surface area (Å²) >= 11 is 0. The van der Waals surface area contributed by atoms with Crippen molar-refractivity contribution < 1.29 is 22.7 Å². The van der Waals surface area contributed by atoms with E-state index in [4.69, 9.17) is 4.74 Å². The van der Waals surface area contributed by atoms with Crippen LogP contribution in [-0.2, 0) is 11.0 Å². The molecule has 0 aromatic heterocycles. The van der Waals surface area contributed by atoms with Crippen LogP contribution >= 0.6 is 0 Å². The first kappa shape index (κ1) is 11.0. The quantitative estimate of drug-likeness (QED) is 0.730. The maximum absolute atomic E-state index is 12.5. The van der Waals surface area contributed by atoms with Gasteiger partial charge in [-0.2, -0.15) is 13.2 Å². The summed E-state index contributed by atoms with van der Waals surface area (Å²) in [6.45, 7) is 0.273. The van der Waals surface area contributed by atoms with Crippen molar-refractivity contribution in [2.45, 2.75) is 18.5 Å². The fourth-order valence-corrected chi connectivity index (χ4v) is 1.77. The third-order valence-corrected chi connectivity index (χ3v) is 2.60. The lowest BCUT2D eigenvalue weighted by Crippen LogP contribution is -2.06. The number of alkyl halides is 3. The second-order valence-corrected chi connectivity index (χ2v) is 3.66. The monoisotopic (exact) mass is 230 g/mol. The molecule has 86 valence electrons. The van der Waals surface area contributed by atoms with Gasteiger partial charge in [-0.05, 0) is 18.2 Å². The van der Waals surface area contributed by atoms with E-state index in [9.17, 15) is 18.0 Å². The summed E-state index contributed by atoms with van der Waals surface area (Å²) in [5, 5.41) is 0. The molecule has 0 saturated heterocycles. The normalized spacial score (nSPS) is 19.1. The van der Waals surface area contributed by atoms with Gasteiger partial charge in [0.15, 0.2) is 0 Å². The Kier molecular flexibility index (Phi) is 2.61. The Balaban J connectivity index is 2.37. The van der Waals surface area contributed by atoms with E-state index < -0.39 is 11.7 Å². The number of ether oxygens (including phenoxy) is 1. The Labute approximate surface area is 90.0 Å². The molecule has 0 aliphatic carbocycles. The molecule has 2 rings (SSSR count). The van der Waals surface area contributed by atoms with E-state index in [0.29, 0.717) is 17.6 Å². The van der Waals surface area contributed by atoms with Crippen molar-refractivity contribution in [1.29, 1.82) is 0 Å². The largest absolute Gasteiger partial charge is 0.493 e. The molecule has 1 atom stereocenters. The molecule has 0 radical (unpaired) electrons. The minimum Gasteiger partial charge on any atom is -0.493 e. The molecule has 2 nitrogen and oxygen atoms in total. The molecular formula is C11H9F3O2. The minimum absolute atomic E-state index is 0.189. The Bertz CT molecular complexity index is 412. The van der Waals surface area contributed by atoms with Gasteiger partial charge in [-0.15, -0.1) is 0 Å². The molecule has 1 heterocycles. The highest BCUT2D eigenvalue weighted by Gasteiger charge is 2.33. The van der Waals surface area contributed by atoms with Gasteiger partial charge in [0.05, 0.1) is 12.2 Å².